The molecule has 0 bridgehead atoms. The van der Waals surface area contributed by atoms with Gasteiger partial charge in [-0.25, -0.2) is 8.42 Å². The summed E-state index contributed by atoms with van der Waals surface area (Å²) in [5, 5.41) is 11.0. The van der Waals surface area contributed by atoms with Crippen molar-refractivity contribution in [3.05, 3.63) is 65.7 Å². The molecule has 1 heterocycles. The third-order valence-corrected chi connectivity index (χ3v) is 7.35. The molecule has 28 heavy (non-hydrogen) atoms. The van der Waals surface area contributed by atoms with Crippen molar-refractivity contribution in [3.63, 3.8) is 0 Å². The topological polar surface area (TPSA) is 60.9 Å². The highest BCUT2D eigenvalue weighted by Crippen LogP contribution is 2.30. The first-order chi connectivity index (χ1) is 13.3. The van der Waals surface area contributed by atoms with Gasteiger partial charge in [-0.05, 0) is 30.2 Å². The second kappa shape index (κ2) is 8.64. The van der Waals surface area contributed by atoms with Gasteiger partial charge in [0.15, 0.2) is 9.84 Å². The molecule has 2 aromatic rings. The first kappa shape index (κ1) is 20.8. The lowest BCUT2D eigenvalue weighted by Gasteiger charge is -2.36. The Hall–Kier alpha value is -1.89. The maximum atomic E-state index is 11.7. The van der Waals surface area contributed by atoms with E-state index in [0.717, 1.165) is 43.0 Å². The van der Waals surface area contributed by atoms with Crippen LogP contribution < -0.4 is 4.90 Å². The van der Waals surface area contributed by atoms with Gasteiger partial charge >= 0.3 is 0 Å². The highest BCUT2D eigenvalue weighted by Gasteiger charge is 2.26. The van der Waals surface area contributed by atoms with Crippen molar-refractivity contribution in [3.8, 4) is 0 Å². The van der Waals surface area contributed by atoms with E-state index in [9.17, 15) is 13.5 Å². The summed E-state index contributed by atoms with van der Waals surface area (Å²) in [5.41, 5.74) is 1.85. The van der Waals surface area contributed by atoms with Gasteiger partial charge in [-0.3, -0.25) is 4.90 Å². The summed E-state index contributed by atoms with van der Waals surface area (Å²) in [6.07, 6.45) is 0. The van der Waals surface area contributed by atoms with Crippen LogP contribution in [-0.4, -0.2) is 62.7 Å². The highest BCUT2D eigenvalue weighted by atomic mass is 32.2. The number of piperazine rings is 1. The van der Waals surface area contributed by atoms with Crippen LogP contribution in [-0.2, 0) is 15.4 Å². The summed E-state index contributed by atoms with van der Waals surface area (Å²) in [7, 11) is -2.91. The van der Waals surface area contributed by atoms with E-state index in [1.165, 1.54) is 0 Å². The Morgan fingerprint density at radius 1 is 0.929 bits per heavy atom. The average molecular weight is 403 g/mol. The van der Waals surface area contributed by atoms with Gasteiger partial charge in [-0.2, -0.15) is 0 Å². The van der Waals surface area contributed by atoms with Crippen molar-refractivity contribution in [1.82, 2.24) is 4.90 Å². The van der Waals surface area contributed by atoms with Gasteiger partial charge in [0.25, 0.3) is 0 Å². The lowest BCUT2D eigenvalue weighted by molar-refractivity contribution is 0.102. The predicted octanol–water partition coefficient (Wildman–Crippen LogP) is 2.50. The maximum Gasteiger partial charge on any atom is 0.151 e. The molecule has 1 saturated heterocycles. The second-order valence-corrected chi connectivity index (χ2v) is 10.0. The molecule has 0 radical (unpaired) electrons. The fourth-order valence-electron chi connectivity index (χ4n) is 3.57. The van der Waals surface area contributed by atoms with E-state index in [1.807, 2.05) is 49.4 Å². The molecule has 6 heteroatoms. The second-order valence-electron chi connectivity index (χ2n) is 7.55. The number of hydrogen-bond acceptors (Lipinski definition) is 5. The molecule has 1 atom stereocenters. The third kappa shape index (κ3) is 4.93. The summed E-state index contributed by atoms with van der Waals surface area (Å²) >= 11 is 0. The molecule has 1 aliphatic heterocycles. The fourth-order valence-corrected chi connectivity index (χ4v) is 4.39. The van der Waals surface area contributed by atoms with Gasteiger partial charge in [0.1, 0.15) is 5.60 Å². The van der Waals surface area contributed by atoms with Crippen molar-refractivity contribution >= 4 is 15.5 Å². The van der Waals surface area contributed by atoms with Crippen LogP contribution in [0.2, 0.25) is 0 Å². The quantitative estimate of drug-likeness (QED) is 0.771. The lowest BCUT2D eigenvalue weighted by Crippen LogP contribution is -2.47. The van der Waals surface area contributed by atoms with Gasteiger partial charge in [-0.15, -0.1) is 0 Å². The molecule has 152 valence electrons. The van der Waals surface area contributed by atoms with Crippen molar-refractivity contribution in [2.24, 2.45) is 0 Å². The Bertz CT molecular complexity index is 856. The molecule has 0 aliphatic carbocycles. The Morgan fingerprint density at radius 3 is 2.07 bits per heavy atom. The zero-order valence-corrected chi connectivity index (χ0v) is 17.5. The smallest absolute Gasteiger partial charge is 0.151 e. The van der Waals surface area contributed by atoms with Crippen LogP contribution in [0.25, 0.3) is 0 Å². The van der Waals surface area contributed by atoms with Crippen molar-refractivity contribution in [1.29, 1.82) is 0 Å². The molecule has 2 aromatic carbocycles. The number of aliphatic hydroxyl groups is 1. The first-order valence-electron chi connectivity index (χ1n) is 9.88. The predicted molar refractivity (Wildman–Crippen MR) is 115 cm³/mol. The van der Waals surface area contributed by atoms with E-state index in [4.69, 9.17) is 0 Å². The van der Waals surface area contributed by atoms with Crippen LogP contribution in [0.1, 0.15) is 25.0 Å². The Balaban J connectivity index is 1.59. The van der Waals surface area contributed by atoms with E-state index < -0.39 is 15.4 Å². The molecule has 1 unspecified atom stereocenters. The van der Waals surface area contributed by atoms with Crippen LogP contribution in [0.3, 0.4) is 0 Å². The number of benzene rings is 2. The number of rotatable bonds is 7. The fraction of sp³-hybridized carbons (Fsp3) is 0.455. The molecular formula is C22H30N2O3S. The van der Waals surface area contributed by atoms with Crippen molar-refractivity contribution < 1.29 is 13.5 Å². The van der Waals surface area contributed by atoms with Gasteiger partial charge in [0, 0.05) is 44.2 Å². The molecule has 1 fully saturated rings. The Labute approximate surface area is 168 Å². The zero-order chi connectivity index (χ0) is 20.2. The lowest BCUT2D eigenvalue weighted by atomic mass is 9.88. The molecule has 5 nitrogen and oxygen atoms in total. The van der Waals surface area contributed by atoms with Gasteiger partial charge in [-0.1, -0.05) is 49.4 Å². The van der Waals surface area contributed by atoms with Crippen LogP contribution in [0.15, 0.2) is 54.6 Å². The number of anilines is 1. The number of nitrogens with zero attached hydrogens (tertiary/aromatic N) is 2. The molecule has 3 rings (SSSR count). The van der Waals surface area contributed by atoms with Crippen molar-refractivity contribution in [2.75, 3.05) is 49.1 Å². The molecule has 0 aromatic heterocycles. The van der Waals surface area contributed by atoms with E-state index >= 15 is 0 Å². The van der Waals surface area contributed by atoms with Crippen LogP contribution in [0, 0.1) is 0 Å². The summed E-state index contributed by atoms with van der Waals surface area (Å²) in [6, 6.07) is 17.8. The monoisotopic (exact) mass is 402 g/mol. The summed E-state index contributed by atoms with van der Waals surface area (Å²) in [6.45, 7) is 7.61. The summed E-state index contributed by atoms with van der Waals surface area (Å²) in [4.78, 5) is 4.53. The third-order valence-electron chi connectivity index (χ3n) is 5.66. The largest absolute Gasteiger partial charge is 0.381 e. The molecule has 0 spiro atoms. The van der Waals surface area contributed by atoms with Crippen molar-refractivity contribution in [2.45, 2.75) is 19.4 Å². The van der Waals surface area contributed by atoms with Crippen LogP contribution in [0.4, 0.5) is 5.69 Å². The van der Waals surface area contributed by atoms with Crippen LogP contribution in [0.5, 0.6) is 0 Å². The minimum Gasteiger partial charge on any atom is -0.381 e. The number of sulfone groups is 1. The standard InChI is InChI=1S/C22H30N2O3S/c1-3-28(26,27)18-17-23-13-15-24(16-14-23)21-11-9-20(10-12-21)22(2,25)19-7-5-4-6-8-19/h4-12,25H,3,13-18H2,1-2H3. The van der Waals surface area contributed by atoms with E-state index in [2.05, 4.69) is 21.9 Å². The van der Waals surface area contributed by atoms with E-state index in [1.54, 1.807) is 6.92 Å². The SMILES string of the molecule is CCS(=O)(=O)CCN1CCN(c2ccc(C(C)(O)c3ccccc3)cc2)CC1. The molecule has 1 N–H and O–H groups in total. The minimum atomic E-state index is -2.91. The Kier molecular flexibility index (Phi) is 6.43. The molecule has 1 aliphatic rings. The van der Waals surface area contributed by atoms with E-state index in [-0.39, 0.29) is 11.5 Å². The highest BCUT2D eigenvalue weighted by molar-refractivity contribution is 7.91. The van der Waals surface area contributed by atoms with Gasteiger partial charge in [0.05, 0.1) is 5.75 Å². The Morgan fingerprint density at radius 2 is 1.50 bits per heavy atom. The van der Waals surface area contributed by atoms with E-state index in [0.29, 0.717) is 6.54 Å². The number of hydrogen-bond donors (Lipinski definition) is 1. The maximum absolute atomic E-state index is 11.7. The molecular weight excluding hydrogens is 372 g/mol. The normalized spacial score (nSPS) is 18.0. The van der Waals surface area contributed by atoms with Gasteiger partial charge in [0.2, 0.25) is 0 Å². The zero-order valence-electron chi connectivity index (χ0n) is 16.7. The molecule has 0 saturated carbocycles. The minimum absolute atomic E-state index is 0.214. The summed E-state index contributed by atoms with van der Waals surface area (Å²) < 4.78 is 23.4. The average Bonchev–Trinajstić information content (AvgIpc) is 2.73. The van der Waals surface area contributed by atoms with Gasteiger partial charge < -0.3 is 10.0 Å². The molecule has 0 amide bonds. The summed E-state index contributed by atoms with van der Waals surface area (Å²) in [5.74, 6) is 0.457. The first-order valence-corrected chi connectivity index (χ1v) is 11.7. The van der Waals surface area contributed by atoms with Crippen LogP contribution >= 0.6 is 0 Å².